The Hall–Kier alpha value is -2.89. The third-order valence-corrected chi connectivity index (χ3v) is 4.99. The van der Waals surface area contributed by atoms with E-state index in [9.17, 15) is 9.59 Å². The van der Waals surface area contributed by atoms with Crippen molar-refractivity contribution in [2.45, 2.75) is 39.3 Å². The molecule has 1 saturated heterocycles. The number of carbonyl (C=O) groups is 2. The molecule has 1 aromatic carbocycles. The first-order valence-electron chi connectivity index (χ1n) is 9.32. The van der Waals surface area contributed by atoms with Gasteiger partial charge in [-0.3, -0.25) is 9.78 Å². The van der Waals surface area contributed by atoms with Gasteiger partial charge in [0, 0.05) is 50.7 Å². The lowest BCUT2D eigenvalue weighted by atomic mass is 10.0. The van der Waals surface area contributed by atoms with E-state index in [0.29, 0.717) is 19.6 Å². The fraction of sp³-hybridized carbons (Fsp3) is 0.381. The third kappa shape index (κ3) is 4.84. The lowest BCUT2D eigenvalue weighted by molar-refractivity contribution is -0.132. The smallest absolute Gasteiger partial charge is 0.321 e. The Bertz CT molecular complexity index is 794. The van der Waals surface area contributed by atoms with E-state index in [0.717, 1.165) is 29.7 Å². The van der Waals surface area contributed by atoms with E-state index < -0.39 is 0 Å². The molecule has 0 spiro atoms. The molecule has 142 valence electrons. The van der Waals surface area contributed by atoms with Crippen LogP contribution in [0.25, 0.3) is 0 Å². The highest BCUT2D eigenvalue weighted by atomic mass is 16.2. The summed E-state index contributed by atoms with van der Waals surface area (Å²) < 4.78 is 0. The summed E-state index contributed by atoms with van der Waals surface area (Å²) >= 11 is 0. The number of aryl methyl sites for hydroxylation is 1. The lowest BCUT2D eigenvalue weighted by Gasteiger charge is -2.39. The summed E-state index contributed by atoms with van der Waals surface area (Å²) in [6.45, 7) is 5.31. The summed E-state index contributed by atoms with van der Waals surface area (Å²) in [5.74, 6) is 0.0185. The minimum absolute atomic E-state index is 0.0130. The molecule has 3 rings (SSSR count). The van der Waals surface area contributed by atoms with Crippen molar-refractivity contribution in [1.82, 2.24) is 14.8 Å². The number of likely N-dealkylation sites (tertiary alicyclic amines) is 1. The minimum atomic E-state index is -0.112. The monoisotopic (exact) mass is 366 g/mol. The minimum Gasteiger partial charge on any atom is -0.334 e. The number of nitrogens with one attached hydrogen (secondary N) is 1. The van der Waals surface area contributed by atoms with Crippen molar-refractivity contribution in [3.63, 3.8) is 0 Å². The van der Waals surface area contributed by atoms with Crippen LogP contribution in [-0.2, 0) is 11.3 Å². The normalized spacial score (nSPS) is 16.7. The number of piperidine rings is 1. The second kappa shape index (κ2) is 8.66. The number of benzene rings is 1. The van der Waals surface area contributed by atoms with Gasteiger partial charge in [-0.05, 0) is 43.0 Å². The molecule has 1 unspecified atom stereocenters. The maximum atomic E-state index is 12.7. The van der Waals surface area contributed by atoms with Gasteiger partial charge in [-0.2, -0.15) is 0 Å². The van der Waals surface area contributed by atoms with Crippen LogP contribution >= 0.6 is 0 Å². The molecule has 0 bridgehead atoms. The van der Waals surface area contributed by atoms with E-state index >= 15 is 0 Å². The van der Waals surface area contributed by atoms with Crippen LogP contribution in [0.4, 0.5) is 10.5 Å². The van der Waals surface area contributed by atoms with Gasteiger partial charge >= 0.3 is 6.03 Å². The van der Waals surface area contributed by atoms with Gasteiger partial charge in [0.1, 0.15) is 0 Å². The second-order valence-corrected chi connectivity index (χ2v) is 7.00. The molecule has 6 heteroatoms. The molecule has 2 heterocycles. The fourth-order valence-electron chi connectivity index (χ4n) is 3.49. The van der Waals surface area contributed by atoms with Crippen LogP contribution in [0.5, 0.6) is 0 Å². The summed E-state index contributed by atoms with van der Waals surface area (Å²) in [6.07, 6.45) is 5.28. The number of amides is 3. The largest absolute Gasteiger partial charge is 0.334 e. The molecule has 1 N–H and O–H groups in total. The van der Waals surface area contributed by atoms with E-state index in [1.54, 1.807) is 24.2 Å². The number of urea groups is 1. The van der Waals surface area contributed by atoms with Crippen molar-refractivity contribution >= 4 is 17.6 Å². The molecule has 2 aromatic rings. The van der Waals surface area contributed by atoms with Crippen LogP contribution < -0.4 is 5.32 Å². The van der Waals surface area contributed by atoms with Gasteiger partial charge in [-0.25, -0.2) is 4.79 Å². The first kappa shape index (κ1) is 18.9. The van der Waals surface area contributed by atoms with Crippen molar-refractivity contribution in [2.24, 2.45) is 0 Å². The zero-order valence-electron chi connectivity index (χ0n) is 15.9. The van der Waals surface area contributed by atoms with Crippen molar-refractivity contribution in [2.75, 3.05) is 18.4 Å². The van der Waals surface area contributed by atoms with Crippen LogP contribution in [0.1, 0.15) is 30.9 Å². The van der Waals surface area contributed by atoms with Gasteiger partial charge in [0.2, 0.25) is 5.91 Å². The molecule has 0 radical (unpaired) electrons. The zero-order chi connectivity index (χ0) is 19.2. The van der Waals surface area contributed by atoms with E-state index in [1.165, 1.54) is 0 Å². The number of hydrogen-bond acceptors (Lipinski definition) is 3. The maximum Gasteiger partial charge on any atom is 0.321 e. The van der Waals surface area contributed by atoms with Crippen LogP contribution in [0, 0.1) is 6.92 Å². The standard InChI is InChI=1S/C21H26N4O2/c1-16-7-3-4-10-20(16)23-21(27)24-12-6-9-19(15-24)25(17(2)26)14-18-8-5-11-22-13-18/h3-5,7-8,10-11,13,19H,6,9,12,14-15H2,1-2H3,(H,23,27). The summed E-state index contributed by atoms with van der Waals surface area (Å²) in [7, 11) is 0. The molecular weight excluding hydrogens is 340 g/mol. The number of hydrogen-bond donors (Lipinski definition) is 1. The Kier molecular flexibility index (Phi) is 6.06. The number of aromatic nitrogens is 1. The number of rotatable bonds is 4. The van der Waals surface area contributed by atoms with Crippen molar-refractivity contribution in [3.05, 3.63) is 59.9 Å². The summed E-state index contributed by atoms with van der Waals surface area (Å²) in [6, 6.07) is 11.5. The molecule has 0 saturated carbocycles. The van der Waals surface area contributed by atoms with Gasteiger partial charge in [0.15, 0.2) is 0 Å². The molecule has 1 atom stereocenters. The molecule has 1 aromatic heterocycles. The SMILES string of the molecule is CC(=O)N(Cc1cccnc1)C1CCCN(C(=O)Nc2ccccc2C)C1. The Labute approximate surface area is 160 Å². The number of pyridine rings is 1. The van der Waals surface area contributed by atoms with E-state index in [4.69, 9.17) is 0 Å². The Morgan fingerprint density at radius 3 is 2.78 bits per heavy atom. The predicted molar refractivity (Wildman–Crippen MR) is 105 cm³/mol. The Morgan fingerprint density at radius 2 is 2.07 bits per heavy atom. The first-order chi connectivity index (χ1) is 13.0. The van der Waals surface area contributed by atoms with Crippen LogP contribution in [0.15, 0.2) is 48.8 Å². The molecule has 1 fully saturated rings. The van der Waals surface area contributed by atoms with Crippen molar-refractivity contribution in [1.29, 1.82) is 0 Å². The highest BCUT2D eigenvalue weighted by Crippen LogP contribution is 2.20. The number of para-hydroxylation sites is 1. The van der Waals surface area contributed by atoms with Crippen LogP contribution in [-0.4, -0.2) is 45.9 Å². The van der Waals surface area contributed by atoms with Gasteiger partial charge in [0.05, 0.1) is 0 Å². The number of carbonyl (C=O) groups excluding carboxylic acids is 2. The van der Waals surface area contributed by atoms with Gasteiger partial charge in [-0.1, -0.05) is 24.3 Å². The topological polar surface area (TPSA) is 65.5 Å². The molecule has 27 heavy (non-hydrogen) atoms. The van der Waals surface area contributed by atoms with Crippen LogP contribution in [0.2, 0.25) is 0 Å². The summed E-state index contributed by atoms with van der Waals surface area (Å²) in [5, 5.41) is 2.99. The van der Waals surface area contributed by atoms with E-state index in [2.05, 4.69) is 10.3 Å². The van der Waals surface area contributed by atoms with Crippen molar-refractivity contribution < 1.29 is 9.59 Å². The second-order valence-electron chi connectivity index (χ2n) is 7.00. The van der Waals surface area contributed by atoms with Crippen LogP contribution in [0.3, 0.4) is 0 Å². The average Bonchev–Trinajstić information content (AvgIpc) is 2.68. The maximum absolute atomic E-state index is 12.7. The Morgan fingerprint density at radius 1 is 1.26 bits per heavy atom. The van der Waals surface area contributed by atoms with E-state index in [1.807, 2.05) is 48.2 Å². The third-order valence-electron chi connectivity index (χ3n) is 4.99. The molecule has 1 aliphatic heterocycles. The summed E-state index contributed by atoms with van der Waals surface area (Å²) in [4.78, 5) is 32.7. The first-order valence-corrected chi connectivity index (χ1v) is 9.32. The van der Waals surface area contributed by atoms with E-state index in [-0.39, 0.29) is 18.0 Å². The molecule has 6 nitrogen and oxygen atoms in total. The average molecular weight is 366 g/mol. The molecular formula is C21H26N4O2. The van der Waals surface area contributed by atoms with Crippen molar-refractivity contribution in [3.8, 4) is 0 Å². The van der Waals surface area contributed by atoms with Gasteiger partial charge < -0.3 is 15.1 Å². The highest BCUT2D eigenvalue weighted by Gasteiger charge is 2.29. The number of anilines is 1. The molecule has 3 amide bonds. The van der Waals surface area contributed by atoms with Gasteiger partial charge in [-0.15, -0.1) is 0 Å². The molecule has 1 aliphatic rings. The number of nitrogens with zero attached hydrogens (tertiary/aromatic N) is 3. The Balaban J connectivity index is 1.67. The van der Waals surface area contributed by atoms with Gasteiger partial charge in [0.25, 0.3) is 0 Å². The highest BCUT2D eigenvalue weighted by molar-refractivity contribution is 5.90. The lowest BCUT2D eigenvalue weighted by Crippen LogP contribution is -2.51. The summed E-state index contributed by atoms with van der Waals surface area (Å²) in [5.41, 5.74) is 2.85. The quantitative estimate of drug-likeness (QED) is 0.901. The predicted octanol–water partition coefficient (Wildman–Crippen LogP) is 3.44. The fourth-order valence-corrected chi connectivity index (χ4v) is 3.49. The zero-order valence-corrected chi connectivity index (χ0v) is 15.9. The molecule has 0 aliphatic carbocycles.